The zero-order valence-corrected chi connectivity index (χ0v) is 13.3. The topological polar surface area (TPSA) is 55.3 Å². The highest BCUT2D eigenvalue weighted by molar-refractivity contribution is 5.95. The van der Waals surface area contributed by atoms with Gasteiger partial charge in [0.15, 0.2) is 0 Å². The second-order valence-electron chi connectivity index (χ2n) is 5.44. The van der Waals surface area contributed by atoms with Gasteiger partial charge in [-0.2, -0.15) is 26.3 Å². The number of benzene rings is 1. The van der Waals surface area contributed by atoms with Crippen molar-refractivity contribution in [1.82, 2.24) is 5.32 Å². The highest BCUT2D eigenvalue weighted by Crippen LogP contribution is 2.43. The number of hydrogen-bond donors (Lipinski definition) is 2. The average molecular weight is 378 g/mol. The molecule has 26 heavy (non-hydrogen) atoms. The number of hydrogen-bond acceptors (Lipinski definition) is 2. The van der Waals surface area contributed by atoms with Gasteiger partial charge in [-0.05, 0) is 25.1 Å². The predicted octanol–water partition coefficient (Wildman–Crippen LogP) is 3.47. The van der Waals surface area contributed by atoms with E-state index in [-0.39, 0.29) is 5.56 Å². The van der Waals surface area contributed by atoms with Crippen LogP contribution >= 0.6 is 0 Å². The van der Waals surface area contributed by atoms with Crippen LogP contribution in [0.5, 0.6) is 0 Å². The fourth-order valence-corrected chi connectivity index (χ4v) is 2.17. The molecule has 0 radical (unpaired) electrons. The minimum atomic E-state index is -5.88. The molecule has 0 bridgehead atoms. The van der Waals surface area contributed by atoms with Gasteiger partial charge in [-0.15, -0.1) is 0 Å². The number of pyridine rings is 1. The lowest BCUT2D eigenvalue weighted by molar-refractivity contribution is -0.376. The maximum Gasteiger partial charge on any atom is 0.462 e. The van der Waals surface area contributed by atoms with E-state index >= 15 is 0 Å². The lowest BCUT2D eigenvalue weighted by atomic mass is 10.1. The number of aromatic amines is 1. The van der Waals surface area contributed by atoms with Crippen LogP contribution in [0.25, 0.3) is 0 Å². The summed E-state index contributed by atoms with van der Waals surface area (Å²) in [5.74, 6) is -2.09. The lowest BCUT2D eigenvalue weighted by Gasteiger charge is -2.34. The molecule has 10 heteroatoms. The molecular formula is C16H14F6N3O+. The molecular weight excluding hydrogens is 364 g/mol. The van der Waals surface area contributed by atoms with Gasteiger partial charge in [0.2, 0.25) is 0 Å². The smallest absolute Gasteiger partial charge is 0.296 e. The molecule has 0 saturated heterocycles. The van der Waals surface area contributed by atoms with Crippen molar-refractivity contribution in [2.24, 2.45) is 0 Å². The van der Waals surface area contributed by atoms with Gasteiger partial charge in [-0.25, -0.2) is 10.3 Å². The van der Waals surface area contributed by atoms with Crippen molar-refractivity contribution >= 4 is 11.7 Å². The van der Waals surface area contributed by atoms with Crippen molar-refractivity contribution in [3.63, 3.8) is 0 Å². The van der Waals surface area contributed by atoms with Gasteiger partial charge >= 0.3 is 18.0 Å². The summed E-state index contributed by atoms with van der Waals surface area (Å²) < 4.78 is 81.1. The Bertz CT molecular complexity index is 760. The number of halogens is 6. The monoisotopic (exact) mass is 378 g/mol. The number of amides is 1. The van der Waals surface area contributed by atoms with Crippen molar-refractivity contribution in [3.8, 4) is 0 Å². The van der Waals surface area contributed by atoms with E-state index in [1.165, 1.54) is 42.6 Å². The summed E-state index contributed by atoms with van der Waals surface area (Å²) in [6, 6.07) is 10.0. The maximum atomic E-state index is 13.5. The minimum Gasteiger partial charge on any atom is -0.296 e. The molecule has 0 atom stereocenters. The molecule has 0 saturated carbocycles. The van der Waals surface area contributed by atoms with E-state index in [4.69, 9.17) is 0 Å². The Morgan fingerprint density at radius 2 is 1.46 bits per heavy atom. The summed E-state index contributed by atoms with van der Waals surface area (Å²) in [4.78, 5) is 14.4. The van der Waals surface area contributed by atoms with E-state index in [0.29, 0.717) is 5.69 Å². The Morgan fingerprint density at radius 1 is 0.885 bits per heavy atom. The second kappa shape index (κ2) is 6.85. The molecule has 2 rings (SSSR count). The Kier molecular flexibility index (Phi) is 5.15. The Labute approximate surface area is 144 Å². The van der Waals surface area contributed by atoms with Gasteiger partial charge in [-0.1, -0.05) is 24.3 Å². The number of anilines is 1. The maximum absolute atomic E-state index is 13.5. The summed E-state index contributed by atoms with van der Waals surface area (Å²) in [5.41, 5.74) is -4.71. The van der Waals surface area contributed by atoms with Gasteiger partial charge in [0.05, 0.1) is 5.69 Å². The summed E-state index contributed by atoms with van der Waals surface area (Å²) in [6.45, 7) is 1.45. The zero-order valence-electron chi connectivity index (χ0n) is 13.3. The van der Waals surface area contributed by atoms with Crippen LogP contribution in [0.1, 0.15) is 16.1 Å². The molecule has 0 aliphatic heterocycles. The first-order valence-corrected chi connectivity index (χ1v) is 7.24. The SMILES string of the molecule is Cc1cccc(NC(NC(=O)c2ccccc2)(C(F)(F)F)C(F)(F)F)[nH+]1. The highest BCUT2D eigenvalue weighted by Gasteiger charge is 2.76. The van der Waals surface area contributed by atoms with Crippen molar-refractivity contribution in [2.75, 3.05) is 5.32 Å². The third kappa shape index (κ3) is 3.89. The van der Waals surface area contributed by atoms with Crippen molar-refractivity contribution < 1.29 is 36.1 Å². The molecule has 1 heterocycles. The van der Waals surface area contributed by atoms with Crippen molar-refractivity contribution in [1.29, 1.82) is 0 Å². The Morgan fingerprint density at radius 3 is 1.96 bits per heavy atom. The van der Waals surface area contributed by atoms with Crippen molar-refractivity contribution in [3.05, 3.63) is 59.8 Å². The fourth-order valence-electron chi connectivity index (χ4n) is 2.17. The normalized spacial score (nSPS) is 12.6. The standard InChI is InChI=1S/C16H13F6N3O/c1-10-6-5-9-12(23-10)24-14(15(17,18)19,16(20,21)22)25-13(26)11-7-3-2-4-8-11/h2-9H,1H3,(H,23,24)(H,25,26)/p+1. The largest absolute Gasteiger partial charge is 0.462 e. The van der Waals surface area contributed by atoms with E-state index in [1.54, 1.807) is 0 Å². The third-order valence-electron chi connectivity index (χ3n) is 3.45. The minimum absolute atomic E-state index is 0.322. The predicted molar refractivity (Wildman–Crippen MR) is 80.1 cm³/mol. The highest BCUT2D eigenvalue weighted by atomic mass is 19.4. The molecule has 1 aromatic heterocycles. The Balaban J connectivity index is 2.51. The second-order valence-corrected chi connectivity index (χ2v) is 5.44. The molecule has 0 spiro atoms. The van der Waals surface area contributed by atoms with Crippen LogP contribution in [0.3, 0.4) is 0 Å². The van der Waals surface area contributed by atoms with E-state index in [2.05, 4.69) is 4.98 Å². The van der Waals surface area contributed by atoms with Crippen LogP contribution in [0.4, 0.5) is 32.2 Å². The van der Waals surface area contributed by atoms with Crippen molar-refractivity contribution in [2.45, 2.75) is 24.9 Å². The summed E-state index contributed by atoms with van der Waals surface area (Å²) in [5, 5.41) is 2.45. The van der Waals surface area contributed by atoms with Crippen LogP contribution in [0.15, 0.2) is 48.5 Å². The number of H-pyrrole nitrogens is 1. The molecule has 140 valence electrons. The number of alkyl halides is 6. The average Bonchev–Trinajstić information content (AvgIpc) is 2.53. The van der Waals surface area contributed by atoms with Gasteiger partial charge in [-0.3, -0.25) is 10.1 Å². The fraction of sp³-hybridized carbons (Fsp3) is 0.250. The van der Waals surface area contributed by atoms with E-state index in [0.717, 1.165) is 23.5 Å². The van der Waals surface area contributed by atoms with Crippen LogP contribution in [0, 0.1) is 6.92 Å². The summed E-state index contributed by atoms with van der Waals surface area (Å²) in [7, 11) is 0. The Hall–Kier alpha value is -2.78. The quantitative estimate of drug-likeness (QED) is 0.632. The number of nitrogens with one attached hydrogen (secondary N) is 3. The number of carbonyl (C=O) groups excluding carboxylic acids is 1. The van der Waals surface area contributed by atoms with Crippen LogP contribution in [-0.2, 0) is 0 Å². The first-order chi connectivity index (χ1) is 12.0. The molecule has 1 aromatic carbocycles. The van der Waals surface area contributed by atoms with Crippen LogP contribution in [0.2, 0.25) is 0 Å². The number of aryl methyl sites for hydroxylation is 1. The number of aromatic nitrogens is 1. The summed E-state index contributed by atoms with van der Waals surface area (Å²) in [6.07, 6.45) is -11.8. The molecule has 0 aliphatic rings. The van der Waals surface area contributed by atoms with Crippen LogP contribution < -0.4 is 15.6 Å². The van der Waals surface area contributed by atoms with Gasteiger partial charge in [0.1, 0.15) is 0 Å². The van der Waals surface area contributed by atoms with Gasteiger partial charge in [0.25, 0.3) is 11.7 Å². The molecule has 1 amide bonds. The first kappa shape index (κ1) is 19.5. The van der Waals surface area contributed by atoms with Gasteiger partial charge < -0.3 is 0 Å². The molecule has 0 unspecified atom stereocenters. The van der Waals surface area contributed by atoms with Gasteiger partial charge in [0, 0.05) is 11.6 Å². The van der Waals surface area contributed by atoms with Crippen LogP contribution in [-0.4, -0.2) is 23.9 Å². The number of rotatable bonds is 4. The summed E-state index contributed by atoms with van der Waals surface area (Å²) >= 11 is 0. The van der Waals surface area contributed by atoms with E-state index in [1.807, 2.05) is 0 Å². The molecule has 3 N–H and O–H groups in total. The van der Waals surface area contributed by atoms with E-state index in [9.17, 15) is 31.1 Å². The molecule has 0 fully saturated rings. The molecule has 0 aliphatic carbocycles. The molecule has 4 nitrogen and oxygen atoms in total. The first-order valence-electron chi connectivity index (χ1n) is 7.24. The molecule has 2 aromatic rings. The third-order valence-corrected chi connectivity index (χ3v) is 3.45. The lowest BCUT2D eigenvalue weighted by Crippen LogP contribution is -2.72. The zero-order chi connectivity index (χ0) is 19.6. The number of carbonyl (C=O) groups is 1. The van der Waals surface area contributed by atoms with E-state index < -0.39 is 29.7 Å².